The lowest BCUT2D eigenvalue weighted by atomic mass is 10.5. The van der Waals surface area contributed by atoms with Crippen molar-refractivity contribution >= 4 is 12.0 Å². The molecule has 70 valence electrons. The van der Waals surface area contributed by atoms with Crippen molar-refractivity contribution in [1.82, 2.24) is 0 Å². The number of ketones is 1. The molecule has 0 amide bonds. The third-order valence-electron chi connectivity index (χ3n) is 1.08. The van der Waals surface area contributed by atoms with E-state index in [1.807, 2.05) is 0 Å². The van der Waals surface area contributed by atoms with Gasteiger partial charge >= 0.3 is 0 Å². The molecule has 0 unspecified atom stereocenters. The van der Waals surface area contributed by atoms with Gasteiger partial charge in [-0.25, -0.2) is 0 Å². The van der Waals surface area contributed by atoms with E-state index in [1.165, 1.54) is 13.1 Å². The third kappa shape index (κ3) is 9.26. The van der Waals surface area contributed by atoms with Crippen molar-refractivity contribution in [1.29, 1.82) is 5.41 Å². The average molecular weight is 173 g/mol. The van der Waals surface area contributed by atoms with Crippen molar-refractivity contribution in [3.8, 4) is 0 Å². The van der Waals surface area contributed by atoms with Crippen molar-refractivity contribution in [2.45, 2.75) is 13.3 Å². The molecule has 4 heteroatoms. The summed E-state index contributed by atoms with van der Waals surface area (Å²) in [4.78, 5) is 10.4. The summed E-state index contributed by atoms with van der Waals surface area (Å²) in [6.45, 7) is 3.12. The smallest absolute Gasteiger partial charge is 0.155 e. The molecule has 1 N–H and O–H groups in total. The van der Waals surface area contributed by atoms with Crippen LogP contribution >= 0.6 is 0 Å². The lowest BCUT2D eigenvalue weighted by molar-refractivity contribution is -0.121. The van der Waals surface area contributed by atoms with Gasteiger partial charge in [0.05, 0.1) is 19.8 Å². The molecule has 0 fully saturated rings. The number of nitrogens with one attached hydrogen (secondary N) is 1. The monoisotopic (exact) mass is 173 g/mol. The first-order valence-corrected chi connectivity index (χ1v) is 3.91. The van der Waals surface area contributed by atoms with Crippen molar-refractivity contribution in [3.05, 3.63) is 0 Å². The zero-order chi connectivity index (χ0) is 9.23. The number of carbonyl (C=O) groups is 1. The summed E-state index contributed by atoms with van der Waals surface area (Å²) < 4.78 is 10.0. The fourth-order valence-corrected chi connectivity index (χ4v) is 0.578. The molecule has 0 aromatic heterocycles. The van der Waals surface area contributed by atoms with E-state index in [-0.39, 0.29) is 12.4 Å². The highest BCUT2D eigenvalue weighted by molar-refractivity contribution is 5.76. The lowest BCUT2D eigenvalue weighted by Gasteiger charge is -2.02. The molecule has 12 heavy (non-hydrogen) atoms. The zero-order valence-electron chi connectivity index (χ0n) is 7.34. The molecule has 0 saturated carbocycles. The van der Waals surface area contributed by atoms with Gasteiger partial charge in [-0.1, -0.05) is 0 Å². The summed E-state index contributed by atoms with van der Waals surface area (Å²) in [5, 5.41) is 6.69. The van der Waals surface area contributed by atoms with E-state index in [2.05, 4.69) is 0 Å². The van der Waals surface area contributed by atoms with Gasteiger partial charge in [0.25, 0.3) is 0 Å². The van der Waals surface area contributed by atoms with E-state index in [9.17, 15) is 4.79 Å². The number of rotatable bonds is 8. The Balaban J connectivity index is 2.90. The van der Waals surface area contributed by atoms with Crippen molar-refractivity contribution in [3.63, 3.8) is 0 Å². The van der Waals surface area contributed by atoms with Crippen molar-refractivity contribution in [2.24, 2.45) is 0 Å². The molecule has 0 aliphatic heterocycles. The van der Waals surface area contributed by atoms with Crippen molar-refractivity contribution in [2.75, 3.05) is 26.4 Å². The number of hydrogen-bond donors (Lipinski definition) is 1. The van der Waals surface area contributed by atoms with Gasteiger partial charge in [0, 0.05) is 6.42 Å². The van der Waals surface area contributed by atoms with Crippen LogP contribution in [0.1, 0.15) is 13.3 Å². The van der Waals surface area contributed by atoms with Crippen LogP contribution in [0.5, 0.6) is 0 Å². The highest BCUT2D eigenvalue weighted by Crippen LogP contribution is 1.81. The number of carbonyl (C=O) groups excluding carboxylic acids is 1. The summed E-state index contributed by atoms with van der Waals surface area (Å²) in [6.07, 6.45) is 1.93. The first kappa shape index (κ1) is 11.3. The lowest BCUT2D eigenvalue weighted by Crippen LogP contribution is -2.10. The molecule has 0 aromatic carbocycles. The minimum absolute atomic E-state index is 0.0227. The number of Topliss-reactive ketones (excluding diaryl/α,β-unsaturated/α-hetero) is 1. The maximum atomic E-state index is 10.4. The standard InChI is InChI=1S/C8H15NO3/c1-8(10)7-12-6-5-11-4-2-3-9/h3,9H,2,4-7H2,1H3. The van der Waals surface area contributed by atoms with E-state index >= 15 is 0 Å². The Kier molecular flexibility index (Phi) is 7.84. The molecule has 0 aromatic rings. The van der Waals surface area contributed by atoms with Crippen LogP contribution in [0.2, 0.25) is 0 Å². The summed E-state index contributed by atoms with van der Waals surface area (Å²) in [6, 6.07) is 0. The molecule has 0 aliphatic carbocycles. The predicted octanol–water partition coefficient (Wildman–Crippen LogP) is 0.648. The molecule has 0 rings (SSSR count). The molecule has 0 heterocycles. The Morgan fingerprint density at radius 2 is 2.00 bits per heavy atom. The second-order valence-electron chi connectivity index (χ2n) is 2.36. The minimum Gasteiger partial charge on any atom is -0.379 e. The van der Waals surface area contributed by atoms with Gasteiger partial charge in [0.15, 0.2) is 5.78 Å². The summed E-state index contributed by atoms with van der Waals surface area (Å²) in [5.74, 6) is 0.0227. The highest BCUT2D eigenvalue weighted by Gasteiger charge is 1.92. The van der Waals surface area contributed by atoms with E-state index in [4.69, 9.17) is 14.9 Å². The number of ether oxygens (including phenoxy) is 2. The molecular weight excluding hydrogens is 158 g/mol. The first-order chi connectivity index (χ1) is 5.77. The molecule has 0 atom stereocenters. The van der Waals surface area contributed by atoms with Crippen LogP contribution in [0.25, 0.3) is 0 Å². The molecule has 0 aliphatic rings. The molecular formula is C8H15NO3. The molecule has 0 saturated heterocycles. The SMILES string of the molecule is CC(=O)COCCOCCC=N. The maximum absolute atomic E-state index is 10.4. The van der Waals surface area contributed by atoms with Gasteiger partial charge in [0.2, 0.25) is 0 Å². The quantitative estimate of drug-likeness (QED) is 0.433. The van der Waals surface area contributed by atoms with Gasteiger partial charge in [0.1, 0.15) is 6.61 Å². The molecule has 4 nitrogen and oxygen atoms in total. The van der Waals surface area contributed by atoms with Gasteiger partial charge < -0.3 is 14.9 Å². The molecule has 0 spiro atoms. The predicted molar refractivity (Wildman–Crippen MR) is 45.7 cm³/mol. The van der Waals surface area contributed by atoms with E-state index in [0.29, 0.717) is 26.2 Å². The number of hydrogen-bond acceptors (Lipinski definition) is 4. The Morgan fingerprint density at radius 1 is 1.33 bits per heavy atom. The summed E-state index contributed by atoms with van der Waals surface area (Å²) in [7, 11) is 0. The van der Waals surface area contributed by atoms with Gasteiger partial charge in [-0.2, -0.15) is 0 Å². The fraction of sp³-hybridized carbons (Fsp3) is 0.750. The van der Waals surface area contributed by atoms with Crippen LogP contribution in [0.4, 0.5) is 0 Å². The van der Waals surface area contributed by atoms with Crippen LogP contribution in [0, 0.1) is 5.41 Å². The summed E-state index contributed by atoms with van der Waals surface area (Å²) >= 11 is 0. The van der Waals surface area contributed by atoms with Crippen LogP contribution in [0.15, 0.2) is 0 Å². The van der Waals surface area contributed by atoms with E-state index in [1.54, 1.807) is 0 Å². The first-order valence-electron chi connectivity index (χ1n) is 3.91. The van der Waals surface area contributed by atoms with Gasteiger partial charge in [-0.15, -0.1) is 0 Å². The van der Waals surface area contributed by atoms with Crippen molar-refractivity contribution < 1.29 is 14.3 Å². The second-order valence-corrected chi connectivity index (χ2v) is 2.36. The molecule has 0 bridgehead atoms. The van der Waals surface area contributed by atoms with E-state index in [0.717, 1.165) is 0 Å². The highest BCUT2D eigenvalue weighted by atomic mass is 16.5. The Hall–Kier alpha value is -0.740. The minimum atomic E-state index is 0.0227. The largest absolute Gasteiger partial charge is 0.379 e. The topological polar surface area (TPSA) is 59.4 Å². The molecule has 0 radical (unpaired) electrons. The van der Waals surface area contributed by atoms with Crippen LogP contribution in [-0.4, -0.2) is 38.4 Å². The van der Waals surface area contributed by atoms with Gasteiger partial charge in [-0.05, 0) is 13.1 Å². The van der Waals surface area contributed by atoms with Crippen LogP contribution in [0.3, 0.4) is 0 Å². The Labute approximate surface area is 72.4 Å². The maximum Gasteiger partial charge on any atom is 0.155 e. The fourth-order valence-electron chi connectivity index (χ4n) is 0.578. The normalized spacial score (nSPS) is 9.75. The zero-order valence-corrected chi connectivity index (χ0v) is 7.34. The average Bonchev–Trinajstić information content (AvgIpc) is 2.02. The Morgan fingerprint density at radius 3 is 2.58 bits per heavy atom. The summed E-state index contributed by atoms with van der Waals surface area (Å²) in [5.41, 5.74) is 0. The van der Waals surface area contributed by atoms with E-state index < -0.39 is 0 Å². The second kappa shape index (κ2) is 8.36. The third-order valence-corrected chi connectivity index (χ3v) is 1.08. The van der Waals surface area contributed by atoms with Gasteiger partial charge in [-0.3, -0.25) is 4.79 Å². The van der Waals surface area contributed by atoms with Crippen LogP contribution < -0.4 is 0 Å². The Bertz CT molecular complexity index is 136. The van der Waals surface area contributed by atoms with Crippen LogP contribution in [-0.2, 0) is 14.3 Å².